The lowest BCUT2D eigenvalue weighted by molar-refractivity contribution is -0.129. The van der Waals surface area contributed by atoms with E-state index in [4.69, 9.17) is 0 Å². The molecule has 1 aromatic rings. The van der Waals surface area contributed by atoms with E-state index in [0.29, 0.717) is 13.0 Å². The molecule has 0 bridgehead atoms. The van der Waals surface area contributed by atoms with Crippen molar-refractivity contribution in [2.45, 2.75) is 57.8 Å². The fraction of sp³-hybridized carbons (Fsp3) is 0.636. The Morgan fingerprint density at radius 3 is 2.43 bits per heavy atom. The van der Waals surface area contributed by atoms with Crippen LogP contribution in [-0.2, 0) is 17.9 Å². The van der Waals surface area contributed by atoms with Crippen LogP contribution in [-0.4, -0.2) is 72.1 Å². The van der Waals surface area contributed by atoms with Crippen molar-refractivity contribution in [1.29, 1.82) is 0 Å². The largest absolute Gasteiger partial charge is 0.393 e. The number of guanidine groups is 1. The van der Waals surface area contributed by atoms with Gasteiger partial charge in [-0.2, -0.15) is 0 Å². The molecule has 2 aliphatic rings. The van der Waals surface area contributed by atoms with Crippen molar-refractivity contribution in [3.63, 3.8) is 0 Å². The summed E-state index contributed by atoms with van der Waals surface area (Å²) in [6.07, 6.45) is 3.14. The number of hydrogen-bond donors (Lipinski definition) is 3. The number of aliphatic hydroxyl groups excluding tert-OH is 1. The van der Waals surface area contributed by atoms with Gasteiger partial charge in [-0.05, 0) is 30.4 Å². The highest BCUT2D eigenvalue weighted by Crippen LogP contribution is 2.14. The summed E-state index contributed by atoms with van der Waals surface area (Å²) in [6.45, 7) is 7.06. The third-order valence-corrected chi connectivity index (χ3v) is 5.85. The predicted molar refractivity (Wildman–Crippen MR) is 131 cm³/mol. The van der Waals surface area contributed by atoms with Crippen LogP contribution in [0.3, 0.4) is 0 Å². The highest BCUT2D eigenvalue weighted by molar-refractivity contribution is 14.0. The van der Waals surface area contributed by atoms with Crippen molar-refractivity contribution in [3.8, 4) is 0 Å². The zero-order chi connectivity index (χ0) is 20.6. The van der Waals surface area contributed by atoms with Gasteiger partial charge in [0.25, 0.3) is 0 Å². The van der Waals surface area contributed by atoms with Gasteiger partial charge in [-0.3, -0.25) is 14.7 Å². The molecule has 1 aromatic carbocycles. The first kappa shape index (κ1) is 24.9. The molecule has 3 N–H and O–H groups in total. The number of nitrogens with zero attached hydrogens (tertiary/aromatic N) is 3. The van der Waals surface area contributed by atoms with E-state index in [2.05, 4.69) is 44.8 Å². The molecule has 0 saturated carbocycles. The van der Waals surface area contributed by atoms with E-state index < -0.39 is 0 Å². The molecular formula is C22H36IN5O2. The number of likely N-dealkylation sites (tertiary alicyclic amines) is 2. The van der Waals surface area contributed by atoms with E-state index in [1.165, 1.54) is 11.1 Å². The Labute approximate surface area is 197 Å². The standard InChI is InChI=1S/C22H35N5O2.HI/c1-3-21(29)27-13-8-19(16-27)25-22(23-2)24-14-17-4-6-18(7-5-17)15-26-11-9-20(28)10-12-26;/h4-7,19-20,28H,3,8-16H2,1-2H3,(H2,23,24,25);1H. The Kier molecular flexibility index (Phi) is 10.3. The van der Waals surface area contributed by atoms with Gasteiger partial charge in [-0.15, -0.1) is 24.0 Å². The Morgan fingerprint density at radius 1 is 1.13 bits per heavy atom. The summed E-state index contributed by atoms with van der Waals surface area (Å²) in [7, 11) is 1.78. The van der Waals surface area contributed by atoms with Crippen LogP contribution < -0.4 is 10.6 Å². The zero-order valence-corrected chi connectivity index (χ0v) is 20.5. The minimum absolute atomic E-state index is 0. The Hall–Kier alpha value is -1.39. The first-order chi connectivity index (χ1) is 14.1. The lowest BCUT2D eigenvalue weighted by Gasteiger charge is -2.29. The molecule has 2 heterocycles. The molecular weight excluding hydrogens is 493 g/mol. The van der Waals surface area contributed by atoms with Gasteiger partial charge in [0.2, 0.25) is 5.91 Å². The highest BCUT2D eigenvalue weighted by Gasteiger charge is 2.25. The van der Waals surface area contributed by atoms with Crippen molar-refractivity contribution in [2.75, 3.05) is 33.2 Å². The first-order valence-electron chi connectivity index (χ1n) is 10.8. The van der Waals surface area contributed by atoms with Crippen molar-refractivity contribution in [2.24, 2.45) is 4.99 Å². The summed E-state index contributed by atoms with van der Waals surface area (Å²) in [5, 5.41) is 16.4. The maximum atomic E-state index is 11.8. The van der Waals surface area contributed by atoms with Crippen LogP contribution in [0.5, 0.6) is 0 Å². The van der Waals surface area contributed by atoms with Gasteiger partial charge in [0.1, 0.15) is 0 Å². The summed E-state index contributed by atoms with van der Waals surface area (Å²) < 4.78 is 0. The molecule has 0 aliphatic carbocycles. The zero-order valence-electron chi connectivity index (χ0n) is 18.1. The SMILES string of the molecule is CCC(=O)N1CCC(NC(=NC)NCc2ccc(CN3CCC(O)CC3)cc2)C1.I. The van der Waals surface area contributed by atoms with Gasteiger partial charge < -0.3 is 20.6 Å². The quantitative estimate of drug-likeness (QED) is 0.298. The van der Waals surface area contributed by atoms with Crippen molar-refractivity contribution < 1.29 is 9.90 Å². The Morgan fingerprint density at radius 2 is 1.80 bits per heavy atom. The van der Waals surface area contributed by atoms with Crippen LogP contribution in [0.1, 0.15) is 43.7 Å². The number of hydrogen-bond acceptors (Lipinski definition) is 4. The second-order valence-corrected chi connectivity index (χ2v) is 8.07. The second kappa shape index (κ2) is 12.5. The van der Waals surface area contributed by atoms with Gasteiger partial charge in [-0.25, -0.2) is 0 Å². The summed E-state index contributed by atoms with van der Waals surface area (Å²) in [6, 6.07) is 8.94. The summed E-state index contributed by atoms with van der Waals surface area (Å²) in [4.78, 5) is 20.5. The molecule has 0 spiro atoms. The number of carbonyl (C=O) groups is 1. The maximum Gasteiger partial charge on any atom is 0.222 e. The van der Waals surface area contributed by atoms with Crippen LogP contribution in [0.25, 0.3) is 0 Å². The second-order valence-electron chi connectivity index (χ2n) is 8.07. The summed E-state index contributed by atoms with van der Waals surface area (Å²) >= 11 is 0. The fourth-order valence-electron chi connectivity index (χ4n) is 4.00. The Bertz CT molecular complexity index is 689. The highest BCUT2D eigenvalue weighted by atomic mass is 127. The monoisotopic (exact) mass is 529 g/mol. The van der Waals surface area contributed by atoms with Crippen molar-refractivity contribution in [3.05, 3.63) is 35.4 Å². The number of halogens is 1. The minimum Gasteiger partial charge on any atom is -0.393 e. The van der Waals surface area contributed by atoms with Gasteiger partial charge in [0, 0.05) is 58.8 Å². The average molecular weight is 529 g/mol. The smallest absolute Gasteiger partial charge is 0.222 e. The predicted octanol–water partition coefficient (Wildman–Crippen LogP) is 1.94. The average Bonchev–Trinajstić information content (AvgIpc) is 3.22. The minimum atomic E-state index is -0.123. The Balaban J connectivity index is 0.00000320. The van der Waals surface area contributed by atoms with Crippen LogP contribution in [0, 0.1) is 0 Å². The molecule has 30 heavy (non-hydrogen) atoms. The van der Waals surface area contributed by atoms with Gasteiger partial charge >= 0.3 is 0 Å². The number of amides is 1. The van der Waals surface area contributed by atoms with Crippen molar-refractivity contribution >= 4 is 35.8 Å². The van der Waals surface area contributed by atoms with E-state index in [-0.39, 0.29) is 42.0 Å². The van der Waals surface area contributed by atoms with Gasteiger partial charge in [0.05, 0.1) is 6.10 Å². The molecule has 2 fully saturated rings. The lowest BCUT2D eigenvalue weighted by atomic mass is 10.1. The third kappa shape index (κ3) is 7.39. The molecule has 1 atom stereocenters. The summed E-state index contributed by atoms with van der Waals surface area (Å²) in [5.41, 5.74) is 2.51. The van der Waals surface area contributed by atoms with Crippen LogP contribution in [0.4, 0.5) is 0 Å². The van der Waals surface area contributed by atoms with Gasteiger partial charge in [0.15, 0.2) is 5.96 Å². The molecule has 2 aliphatic heterocycles. The number of aliphatic imine (C=N–C) groups is 1. The molecule has 0 radical (unpaired) electrons. The topological polar surface area (TPSA) is 80.2 Å². The number of carbonyl (C=O) groups excluding carboxylic acids is 1. The number of nitrogens with one attached hydrogen (secondary N) is 2. The molecule has 3 rings (SSSR count). The van der Waals surface area contributed by atoms with Crippen LogP contribution >= 0.6 is 24.0 Å². The number of aliphatic hydroxyl groups is 1. The molecule has 7 nitrogen and oxygen atoms in total. The number of benzene rings is 1. The fourth-order valence-corrected chi connectivity index (χ4v) is 4.00. The molecule has 0 aromatic heterocycles. The molecule has 168 valence electrons. The molecule has 1 amide bonds. The normalized spacial score (nSPS) is 20.7. The van der Waals surface area contributed by atoms with Crippen molar-refractivity contribution in [1.82, 2.24) is 20.4 Å². The third-order valence-electron chi connectivity index (χ3n) is 5.85. The van der Waals surface area contributed by atoms with E-state index >= 15 is 0 Å². The van der Waals surface area contributed by atoms with E-state index in [9.17, 15) is 9.90 Å². The van der Waals surface area contributed by atoms with Crippen LogP contribution in [0.15, 0.2) is 29.3 Å². The summed E-state index contributed by atoms with van der Waals surface area (Å²) in [5.74, 6) is 0.995. The van der Waals surface area contributed by atoms with Gasteiger partial charge in [-0.1, -0.05) is 31.2 Å². The lowest BCUT2D eigenvalue weighted by Crippen LogP contribution is -2.44. The molecule has 8 heteroatoms. The molecule has 1 unspecified atom stereocenters. The van der Waals surface area contributed by atoms with E-state index in [1.807, 2.05) is 11.8 Å². The van der Waals surface area contributed by atoms with E-state index in [1.54, 1.807) is 7.05 Å². The number of rotatable bonds is 6. The number of piperidine rings is 1. The molecule has 2 saturated heterocycles. The van der Waals surface area contributed by atoms with Crippen LogP contribution in [0.2, 0.25) is 0 Å². The first-order valence-corrected chi connectivity index (χ1v) is 10.8. The van der Waals surface area contributed by atoms with E-state index in [0.717, 1.165) is 57.9 Å². The maximum absolute atomic E-state index is 11.8.